The summed E-state index contributed by atoms with van der Waals surface area (Å²) in [6.07, 6.45) is -1.14. The van der Waals surface area contributed by atoms with E-state index in [1.807, 2.05) is 0 Å². The van der Waals surface area contributed by atoms with Gasteiger partial charge in [0, 0.05) is 10.0 Å². The maximum atomic E-state index is 12.4. The van der Waals surface area contributed by atoms with Crippen LogP contribution in [0.25, 0.3) is 0 Å². The van der Waals surface area contributed by atoms with Gasteiger partial charge >= 0.3 is 5.97 Å². The van der Waals surface area contributed by atoms with Crippen molar-refractivity contribution in [2.24, 2.45) is 0 Å². The van der Waals surface area contributed by atoms with Gasteiger partial charge in [-0.05, 0) is 50.6 Å². The van der Waals surface area contributed by atoms with Crippen molar-refractivity contribution in [1.29, 1.82) is 0 Å². The molecule has 2 rings (SSSR count). The van der Waals surface area contributed by atoms with Crippen LogP contribution in [-0.2, 0) is 24.3 Å². The quantitative estimate of drug-likeness (QED) is 0.572. The number of hydrogen-bond acceptors (Lipinski definition) is 5. The first-order valence-corrected chi connectivity index (χ1v) is 11.3. The molecule has 0 fully saturated rings. The van der Waals surface area contributed by atoms with Crippen molar-refractivity contribution in [3.8, 4) is 0 Å². The standard InChI is InChI=1S/C20H22Cl2N2O5S/c1-12(17-10-9-15(21)11-18(17)22)23-19(25)14(3)29-20(26)13(2)24-30(27,28)16-7-5-4-6-8-16/h4-14,24H,1-3H3,(H,23,25)/t12?,13-,14?/m0/s1. The van der Waals surface area contributed by atoms with E-state index in [4.69, 9.17) is 27.9 Å². The number of carbonyl (C=O) groups is 2. The molecule has 0 saturated heterocycles. The summed E-state index contributed by atoms with van der Waals surface area (Å²) < 4.78 is 32.0. The molecule has 2 unspecified atom stereocenters. The fourth-order valence-electron chi connectivity index (χ4n) is 2.54. The molecule has 2 aromatic carbocycles. The van der Waals surface area contributed by atoms with Crippen LogP contribution in [0, 0.1) is 0 Å². The van der Waals surface area contributed by atoms with Gasteiger partial charge in [0.2, 0.25) is 10.0 Å². The van der Waals surface area contributed by atoms with Gasteiger partial charge in [-0.1, -0.05) is 47.5 Å². The van der Waals surface area contributed by atoms with Crippen LogP contribution in [-0.4, -0.2) is 32.4 Å². The third kappa shape index (κ3) is 6.43. The highest BCUT2D eigenvalue weighted by Crippen LogP contribution is 2.26. The Balaban J connectivity index is 1.94. The van der Waals surface area contributed by atoms with Crippen LogP contribution in [0.15, 0.2) is 53.4 Å². The number of benzene rings is 2. The number of carbonyl (C=O) groups excluding carboxylic acids is 2. The number of nitrogens with one attached hydrogen (secondary N) is 2. The molecule has 7 nitrogen and oxygen atoms in total. The number of rotatable bonds is 8. The summed E-state index contributed by atoms with van der Waals surface area (Å²) in [5.74, 6) is -1.44. The van der Waals surface area contributed by atoms with Crippen molar-refractivity contribution in [1.82, 2.24) is 10.0 Å². The van der Waals surface area contributed by atoms with Crippen molar-refractivity contribution in [3.63, 3.8) is 0 Å². The smallest absolute Gasteiger partial charge is 0.324 e. The van der Waals surface area contributed by atoms with E-state index < -0.39 is 40.1 Å². The van der Waals surface area contributed by atoms with Gasteiger partial charge in [-0.3, -0.25) is 9.59 Å². The summed E-state index contributed by atoms with van der Waals surface area (Å²) >= 11 is 12.0. The van der Waals surface area contributed by atoms with Gasteiger partial charge in [-0.15, -0.1) is 0 Å². The second kappa shape index (κ2) is 10.3. The summed E-state index contributed by atoms with van der Waals surface area (Å²) in [7, 11) is -3.90. The van der Waals surface area contributed by atoms with Crippen LogP contribution >= 0.6 is 23.2 Å². The first-order chi connectivity index (χ1) is 14.0. The topological polar surface area (TPSA) is 102 Å². The Labute approximate surface area is 185 Å². The molecule has 10 heteroatoms. The lowest BCUT2D eigenvalue weighted by molar-refractivity contribution is -0.156. The van der Waals surface area contributed by atoms with E-state index in [0.29, 0.717) is 15.6 Å². The van der Waals surface area contributed by atoms with E-state index in [1.165, 1.54) is 26.0 Å². The third-order valence-electron chi connectivity index (χ3n) is 4.19. The van der Waals surface area contributed by atoms with Gasteiger partial charge in [0.15, 0.2) is 6.10 Å². The fourth-order valence-corrected chi connectivity index (χ4v) is 4.32. The zero-order chi connectivity index (χ0) is 22.5. The molecule has 0 aliphatic carbocycles. The van der Waals surface area contributed by atoms with Crippen LogP contribution in [0.1, 0.15) is 32.4 Å². The molecule has 0 aromatic heterocycles. The van der Waals surface area contributed by atoms with E-state index in [-0.39, 0.29) is 4.90 Å². The average Bonchev–Trinajstić information content (AvgIpc) is 2.68. The number of hydrogen-bond donors (Lipinski definition) is 2. The first kappa shape index (κ1) is 24.1. The van der Waals surface area contributed by atoms with Gasteiger partial charge in [0.25, 0.3) is 5.91 Å². The molecule has 1 amide bonds. The monoisotopic (exact) mass is 472 g/mol. The first-order valence-electron chi connectivity index (χ1n) is 9.04. The zero-order valence-corrected chi connectivity index (χ0v) is 18.9. The molecular formula is C20H22Cl2N2O5S. The molecule has 2 aromatic rings. The van der Waals surface area contributed by atoms with Crippen molar-refractivity contribution < 1.29 is 22.7 Å². The summed E-state index contributed by atoms with van der Waals surface area (Å²) in [4.78, 5) is 24.6. The Morgan fingerprint density at radius 3 is 2.23 bits per heavy atom. The second-order valence-corrected chi connectivity index (χ2v) is 9.19. The molecule has 30 heavy (non-hydrogen) atoms. The molecule has 0 bridgehead atoms. The Kier molecular flexibility index (Phi) is 8.25. The summed E-state index contributed by atoms with van der Waals surface area (Å²) in [5.41, 5.74) is 0.650. The van der Waals surface area contributed by atoms with Crippen LogP contribution in [0.4, 0.5) is 0 Å². The maximum Gasteiger partial charge on any atom is 0.324 e. The number of esters is 1. The van der Waals surface area contributed by atoms with Crippen molar-refractivity contribution in [3.05, 3.63) is 64.1 Å². The van der Waals surface area contributed by atoms with E-state index >= 15 is 0 Å². The Morgan fingerprint density at radius 1 is 1.00 bits per heavy atom. The predicted molar refractivity (Wildman–Crippen MR) is 115 cm³/mol. The average molecular weight is 473 g/mol. The van der Waals surface area contributed by atoms with E-state index in [0.717, 1.165) is 0 Å². The van der Waals surface area contributed by atoms with Gasteiger partial charge in [0.05, 0.1) is 10.9 Å². The Bertz CT molecular complexity index is 1020. The number of halogens is 2. The molecule has 0 saturated carbocycles. The second-order valence-electron chi connectivity index (χ2n) is 6.63. The fraction of sp³-hybridized carbons (Fsp3) is 0.300. The van der Waals surface area contributed by atoms with Crippen LogP contribution < -0.4 is 10.0 Å². The molecule has 2 N–H and O–H groups in total. The predicted octanol–water partition coefficient (Wildman–Crippen LogP) is 3.47. The van der Waals surface area contributed by atoms with Gasteiger partial charge in [-0.2, -0.15) is 4.72 Å². The van der Waals surface area contributed by atoms with E-state index in [2.05, 4.69) is 10.0 Å². The summed E-state index contributed by atoms with van der Waals surface area (Å²) in [6, 6.07) is 10.9. The number of ether oxygens (including phenoxy) is 1. The summed E-state index contributed by atoms with van der Waals surface area (Å²) in [6.45, 7) is 4.45. The number of amides is 1. The lowest BCUT2D eigenvalue weighted by Crippen LogP contribution is -2.43. The minimum atomic E-state index is -3.90. The minimum Gasteiger partial charge on any atom is -0.451 e. The van der Waals surface area contributed by atoms with Crippen LogP contribution in [0.5, 0.6) is 0 Å². The van der Waals surface area contributed by atoms with Gasteiger partial charge < -0.3 is 10.1 Å². The largest absolute Gasteiger partial charge is 0.451 e. The molecular weight excluding hydrogens is 451 g/mol. The van der Waals surface area contributed by atoms with Gasteiger partial charge in [-0.25, -0.2) is 8.42 Å². The Morgan fingerprint density at radius 2 is 1.63 bits per heavy atom. The molecule has 3 atom stereocenters. The molecule has 0 radical (unpaired) electrons. The van der Waals surface area contributed by atoms with Crippen LogP contribution in [0.2, 0.25) is 10.0 Å². The lowest BCUT2D eigenvalue weighted by Gasteiger charge is -2.21. The van der Waals surface area contributed by atoms with Crippen molar-refractivity contribution in [2.75, 3.05) is 0 Å². The molecule has 0 spiro atoms. The highest BCUT2D eigenvalue weighted by molar-refractivity contribution is 7.89. The summed E-state index contributed by atoms with van der Waals surface area (Å²) in [5, 5.41) is 3.55. The van der Waals surface area contributed by atoms with Crippen LogP contribution in [0.3, 0.4) is 0 Å². The van der Waals surface area contributed by atoms with E-state index in [1.54, 1.807) is 43.3 Å². The molecule has 0 aliphatic rings. The highest BCUT2D eigenvalue weighted by atomic mass is 35.5. The van der Waals surface area contributed by atoms with E-state index in [9.17, 15) is 18.0 Å². The van der Waals surface area contributed by atoms with Crippen molar-refractivity contribution in [2.45, 2.75) is 43.9 Å². The van der Waals surface area contributed by atoms with Gasteiger partial charge in [0.1, 0.15) is 6.04 Å². The lowest BCUT2D eigenvalue weighted by atomic mass is 10.1. The Hall–Kier alpha value is -2.13. The zero-order valence-electron chi connectivity index (χ0n) is 16.6. The molecule has 0 aliphatic heterocycles. The maximum absolute atomic E-state index is 12.4. The number of sulfonamides is 1. The molecule has 0 heterocycles. The third-order valence-corrected chi connectivity index (χ3v) is 6.31. The normalized spacial score (nSPS) is 14.4. The highest BCUT2D eigenvalue weighted by Gasteiger charge is 2.27. The van der Waals surface area contributed by atoms with Crippen molar-refractivity contribution >= 4 is 45.1 Å². The SMILES string of the molecule is CC(OC(=O)[C@H](C)NS(=O)(=O)c1ccccc1)C(=O)NC(C)c1ccc(Cl)cc1Cl. The minimum absolute atomic E-state index is 0.0177. The molecule has 162 valence electrons.